The fourth-order valence-electron chi connectivity index (χ4n) is 5.75. The predicted octanol–water partition coefficient (Wildman–Crippen LogP) is 2.85. The van der Waals surface area contributed by atoms with Crippen molar-refractivity contribution in [3.05, 3.63) is 84.1 Å². The van der Waals surface area contributed by atoms with Crippen LogP contribution in [0.4, 0.5) is 0 Å². The third-order valence-corrected chi connectivity index (χ3v) is 7.36. The summed E-state index contributed by atoms with van der Waals surface area (Å²) in [4.78, 5) is 31.7. The molecule has 2 fully saturated rings. The van der Waals surface area contributed by atoms with Crippen molar-refractivity contribution >= 4 is 22.7 Å². The highest BCUT2D eigenvalue weighted by Crippen LogP contribution is 2.51. The van der Waals surface area contributed by atoms with Crippen molar-refractivity contribution in [2.45, 2.75) is 24.5 Å². The van der Waals surface area contributed by atoms with Crippen molar-refractivity contribution < 1.29 is 14.3 Å². The molecule has 1 spiro atoms. The molecule has 2 amide bonds. The molecule has 168 valence electrons. The Morgan fingerprint density at radius 1 is 1.12 bits per heavy atom. The van der Waals surface area contributed by atoms with Crippen molar-refractivity contribution in [3.8, 4) is 0 Å². The predicted molar refractivity (Wildman–Crippen MR) is 125 cm³/mol. The lowest BCUT2D eigenvalue weighted by atomic mass is 9.77. The van der Waals surface area contributed by atoms with Crippen molar-refractivity contribution in [1.29, 1.82) is 0 Å². The molecule has 3 aliphatic rings. The zero-order valence-electron chi connectivity index (χ0n) is 18.4. The summed E-state index contributed by atoms with van der Waals surface area (Å²) in [5, 5.41) is 4.26. The lowest BCUT2D eigenvalue weighted by Gasteiger charge is -2.23. The highest BCUT2D eigenvalue weighted by atomic mass is 16.5. The summed E-state index contributed by atoms with van der Waals surface area (Å²) >= 11 is 0. The lowest BCUT2D eigenvalue weighted by molar-refractivity contribution is -0.137. The van der Waals surface area contributed by atoms with Crippen LogP contribution in [0.2, 0.25) is 0 Å². The molecule has 3 aliphatic heterocycles. The van der Waals surface area contributed by atoms with Gasteiger partial charge in [0.25, 0.3) is 0 Å². The van der Waals surface area contributed by atoms with Gasteiger partial charge < -0.3 is 19.9 Å². The standard InChI is InChI=1S/C27H27N3O3/c31-25(28-14-11-19-16-29-21-9-5-4-8-20(19)21)23-22-10-13-27(33-22)17-30(26(32)24(23)27)15-12-18-6-2-1-3-7-18/h1-10,13,16,22-24,29H,11-12,14-15,17H2,(H,28,31)/t22-,23-,24-,27-/m1/s1. The van der Waals surface area contributed by atoms with E-state index in [0.717, 1.165) is 18.4 Å². The Morgan fingerprint density at radius 2 is 1.94 bits per heavy atom. The zero-order chi connectivity index (χ0) is 22.4. The smallest absolute Gasteiger partial charge is 0.230 e. The number of hydrogen-bond donors (Lipinski definition) is 2. The lowest BCUT2D eigenvalue weighted by Crippen LogP contribution is -2.44. The molecule has 2 aromatic carbocycles. The molecule has 0 unspecified atom stereocenters. The number of likely N-dealkylation sites (tertiary alicyclic amines) is 1. The molecular weight excluding hydrogens is 414 g/mol. The second kappa shape index (κ2) is 7.89. The Labute approximate surface area is 192 Å². The molecule has 33 heavy (non-hydrogen) atoms. The second-order valence-electron chi connectivity index (χ2n) is 9.30. The fourth-order valence-corrected chi connectivity index (χ4v) is 5.75. The van der Waals surface area contributed by atoms with Gasteiger partial charge in [-0.15, -0.1) is 0 Å². The summed E-state index contributed by atoms with van der Waals surface area (Å²) in [7, 11) is 0. The van der Waals surface area contributed by atoms with Gasteiger partial charge in [0.05, 0.1) is 24.5 Å². The number of carbonyl (C=O) groups is 2. The van der Waals surface area contributed by atoms with Crippen LogP contribution < -0.4 is 5.32 Å². The van der Waals surface area contributed by atoms with E-state index in [2.05, 4.69) is 28.5 Å². The minimum Gasteiger partial charge on any atom is -0.361 e. The van der Waals surface area contributed by atoms with Gasteiger partial charge in [-0.1, -0.05) is 60.7 Å². The van der Waals surface area contributed by atoms with Gasteiger partial charge >= 0.3 is 0 Å². The van der Waals surface area contributed by atoms with E-state index >= 15 is 0 Å². The third kappa shape index (κ3) is 3.37. The maximum atomic E-state index is 13.3. The maximum absolute atomic E-state index is 13.3. The van der Waals surface area contributed by atoms with E-state index in [1.807, 2.05) is 59.6 Å². The Bertz CT molecular complexity index is 1230. The van der Waals surface area contributed by atoms with E-state index in [4.69, 9.17) is 4.74 Å². The largest absolute Gasteiger partial charge is 0.361 e. The number of aromatic amines is 1. The summed E-state index contributed by atoms with van der Waals surface area (Å²) in [6.45, 7) is 1.69. The monoisotopic (exact) mass is 441 g/mol. The molecule has 0 saturated carbocycles. The first kappa shape index (κ1) is 20.2. The van der Waals surface area contributed by atoms with Crippen LogP contribution >= 0.6 is 0 Å². The van der Waals surface area contributed by atoms with Gasteiger partial charge in [0.1, 0.15) is 5.60 Å². The second-order valence-corrected chi connectivity index (χ2v) is 9.30. The van der Waals surface area contributed by atoms with E-state index < -0.39 is 17.4 Å². The highest BCUT2D eigenvalue weighted by Gasteiger charge is 2.66. The van der Waals surface area contributed by atoms with E-state index in [9.17, 15) is 9.59 Å². The molecule has 4 atom stereocenters. The number of carbonyl (C=O) groups excluding carboxylic acids is 2. The number of nitrogens with one attached hydrogen (secondary N) is 2. The van der Waals surface area contributed by atoms with Crippen LogP contribution in [0.1, 0.15) is 11.1 Å². The van der Waals surface area contributed by atoms with Crippen LogP contribution in [0.3, 0.4) is 0 Å². The number of amides is 2. The van der Waals surface area contributed by atoms with Gasteiger partial charge in [-0.3, -0.25) is 9.59 Å². The molecule has 2 N–H and O–H groups in total. The van der Waals surface area contributed by atoms with E-state index in [-0.39, 0.29) is 17.9 Å². The minimum atomic E-state index is -0.655. The van der Waals surface area contributed by atoms with Crippen LogP contribution in [0.15, 0.2) is 72.9 Å². The summed E-state index contributed by atoms with van der Waals surface area (Å²) in [5.74, 6) is -0.951. The topological polar surface area (TPSA) is 74.4 Å². The van der Waals surface area contributed by atoms with Crippen LogP contribution in [0, 0.1) is 11.8 Å². The maximum Gasteiger partial charge on any atom is 0.230 e. The first-order chi connectivity index (χ1) is 16.1. The number of aromatic nitrogens is 1. The summed E-state index contributed by atoms with van der Waals surface area (Å²) in [6.07, 6.45) is 7.19. The molecule has 6 heteroatoms. The molecule has 4 heterocycles. The number of rotatable bonds is 7. The Morgan fingerprint density at radius 3 is 2.82 bits per heavy atom. The number of hydrogen-bond acceptors (Lipinski definition) is 3. The molecule has 2 bridgehead atoms. The number of para-hydroxylation sites is 1. The first-order valence-electron chi connectivity index (χ1n) is 11.7. The molecule has 6 nitrogen and oxygen atoms in total. The van der Waals surface area contributed by atoms with Gasteiger partial charge in [-0.2, -0.15) is 0 Å². The van der Waals surface area contributed by atoms with Crippen molar-refractivity contribution in [3.63, 3.8) is 0 Å². The van der Waals surface area contributed by atoms with Crippen molar-refractivity contribution in [2.75, 3.05) is 19.6 Å². The average Bonchev–Trinajstić information content (AvgIpc) is 3.58. The molecule has 2 saturated heterocycles. The minimum absolute atomic E-state index is 0.0366. The number of fused-ring (bicyclic) bond motifs is 2. The van der Waals surface area contributed by atoms with E-state index in [0.29, 0.717) is 19.6 Å². The fraction of sp³-hybridized carbons (Fsp3) is 0.333. The van der Waals surface area contributed by atoms with Crippen molar-refractivity contribution in [2.24, 2.45) is 11.8 Å². The summed E-state index contributed by atoms with van der Waals surface area (Å²) in [5.41, 5.74) is 2.82. The molecule has 0 aliphatic carbocycles. The molecular formula is C27H27N3O3. The Kier molecular flexibility index (Phi) is 4.84. The van der Waals surface area contributed by atoms with Crippen LogP contribution in [0.25, 0.3) is 10.9 Å². The van der Waals surface area contributed by atoms with Crippen molar-refractivity contribution in [1.82, 2.24) is 15.2 Å². The van der Waals surface area contributed by atoms with Gasteiger partial charge in [-0.25, -0.2) is 0 Å². The molecule has 1 aromatic heterocycles. The van der Waals surface area contributed by atoms with Gasteiger partial charge in [0.2, 0.25) is 11.8 Å². The zero-order valence-corrected chi connectivity index (χ0v) is 18.4. The van der Waals surface area contributed by atoms with Crippen LogP contribution in [-0.4, -0.2) is 53.0 Å². The Balaban J connectivity index is 1.11. The number of H-pyrrole nitrogens is 1. The highest BCUT2D eigenvalue weighted by molar-refractivity contribution is 5.93. The number of benzene rings is 2. The molecule has 3 aromatic rings. The number of ether oxygens (including phenoxy) is 1. The van der Waals surface area contributed by atoms with E-state index in [1.165, 1.54) is 16.5 Å². The Hall–Kier alpha value is -3.38. The number of nitrogens with zero attached hydrogens (tertiary/aromatic N) is 1. The third-order valence-electron chi connectivity index (χ3n) is 7.36. The average molecular weight is 442 g/mol. The summed E-state index contributed by atoms with van der Waals surface area (Å²) in [6, 6.07) is 18.3. The van der Waals surface area contributed by atoms with Gasteiger partial charge in [0.15, 0.2) is 0 Å². The van der Waals surface area contributed by atoms with E-state index in [1.54, 1.807) is 0 Å². The quantitative estimate of drug-likeness (QED) is 0.554. The normalized spacial score (nSPS) is 27.5. The molecule has 0 radical (unpaired) electrons. The van der Waals surface area contributed by atoms with Crippen LogP contribution in [0.5, 0.6) is 0 Å². The summed E-state index contributed by atoms with van der Waals surface area (Å²) < 4.78 is 6.24. The SMILES string of the molecule is O=C(NCCc1c[nH]c2ccccc12)[C@@H]1[C@H]2C=C[C@]3(CN(CCc4ccccc4)C(=O)[C@@H]13)O2. The van der Waals surface area contributed by atoms with Gasteiger partial charge in [0, 0.05) is 30.2 Å². The molecule has 6 rings (SSSR count). The van der Waals surface area contributed by atoms with Crippen LogP contribution in [-0.2, 0) is 27.2 Å². The first-order valence-corrected chi connectivity index (χ1v) is 11.7. The van der Waals surface area contributed by atoms with Gasteiger partial charge in [-0.05, 0) is 30.0 Å².